The summed E-state index contributed by atoms with van der Waals surface area (Å²) < 4.78 is 0. The lowest BCUT2D eigenvalue weighted by Gasteiger charge is -2.37. The van der Waals surface area contributed by atoms with Crippen molar-refractivity contribution in [3.05, 3.63) is 0 Å². The third-order valence-electron chi connectivity index (χ3n) is 3.84. The molecular weight excluding hydrogens is 252 g/mol. The van der Waals surface area contributed by atoms with E-state index in [1.165, 1.54) is 0 Å². The highest BCUT2D eigenvalue weighted by atomic mass is 16.1. The Labute approximate surface area is 123 Å². The molecule has 1 heterocycles. The number of hydrogen-bond acceptors (Lipinski definition) is 4. The summed E-state index contributed by atoms with van der Waals surface area (Å²) in [5.74, 6) is 0.0726. The average Bonchev–Trinajstić information content (AvgIpc) is 2.27. The smallest absolute Gasteiger partial charge is 0.221 e. The quantitative estimate of drug-likeness (QED) is 0.772. The Hall–Kier alpha value is -0.650. The van der Waals surface area contributed by atoms with E-state index >= 15 is 0 Å². The van der Waals surface area contributed by atoms with Gasteiger partial charge in [0.15, 0.2) is 0 Å². The first-order valence-corrected chi connectivity index (χ1v) is 7.58. The third-order valence-corrected chi connectivity index (χ3v) is 3.84. The lowest BCUT2D eigenvalue weighted by atomic mass is 9.87. The van der Waals surface area contributed by atoms with E-state index in [-0.39, 0.29) is 17.4 Å². The van der Waals surface area contributed by atoms with Gasteiger partial charge in [0.25, 0.3) is 0 Å². The van der Waals surface area contributed by atoms with Gasteiger partial charge in [-0.3, -0.25) is 9.69 Å². The highest BCUT2D eigenvalue weighted by molar-refractivity contribution is 5.76. The summed E-state index contributed by atoms with van der Waals surface area (Å²) in [6, 6.07) is 0.346. The minimum atomic E-state index is -0.0539. The number of piperazine rings is 1. The van der Waals surface area contributed by atoms with Crippen LogP contribution in [0.5, 0.6) is 0 Å². The summed E-state index contributed by atoms with van der Waals surface area (Å²) in [5.41, 5.74) is 6.21. The van der Waals surface area contributed by atoms with Crippen LogP contribution in [0.2, 0.25) is 0 Å². The molecule has 1 saturated heterocycles. The van der Waals surface area contributed by atoms with Crippen molar-refractivity contribution in [2.24, 2.45) is 11.1 Å². The fourth-order valence-electron chi connectivity index (χ4n) is 2.72. The Kier molecular flexibility index (Phi) is 6.43. The molecule has 1 aliphatic heterocycles. The second-order valence-electron chi connectivity index (χ2n) is 7.43. The molecule has 0 aliphatic carbocycles. The maximum absolute atomic E-state index is 11.9. The van der Waals surface area contributed by atoms with Crippen molar-refractivity contribution in [2.75, 3.05) is 40.3 Å². The zero-order valence-electron chi connectivity index (χ0n) is 13.8. The summed E-state index contributed by atoms with van der Waals surface area (Å²) in [6.07, 6.45) is 1.29. The molecule has 1 rings (SSSR count). The molecule has 0 aromatic heterocycles. The first kappa shape index (κ1) is 17.4. The van der Waals surface area contributed by atoms with Gasteiger partial charge in [0.05, 0.1) is 0 Å². The van der Waals surface area contributed by atoms with Crippen LogP contribution in [0.1, 0.15) is 33.6 Å². The van der Waals surface area contributed by atoms with Gasteiger partial charge >= 0.3 is 0 Å². The molecule has 2 atom stereocenters. The summed E-state index contributed by atoms with van der Waals surface area (Å²) in [4.78, 5) is 16.6. The summed E-state index contributed by atoms with van der Waals surface area (Å²) in [7, 11) is 4.25. The van der Waals surface area contributed by atoms with Gasteiger partial charge in [0.1, 0.15) is 0 Å². The molecule has 0 aromatic rings. The van der Waals surface area contributed by atoms with Crippen LogP contribution in [0.4, 0.5) is 0 Å². The van der Waals surface area contributed by atoms with Gasteiger partial charge in [0.2, 0.25) is 5.91 Å². The lowest BCUT2D eigenvalue weighted by Crippen LogP contribution is -2.54. The van der Waals surface area contributed by atoms with Crippen LogP contribution in [0.25, 0.3) is 0 Å². The number of nitrogens with two attached hydrogens (primary N) is 1. The normalized spacial score (nSPS) is 23.6. The topological polar surface area (TPSA) is 61.6 Å². The lowest BCUT2D eigenvalue weighted by molar-refractivity contribution is -0.121. The first-order chi connectivity index (χ1) is 9.17. The molecular formula is C15H32N4O. The number of hydrogen-bond donors (Lipinski definition) is 2. The summed E-state index contributed by atoms with van der Waals surface area (Å²) in [5, 5.41) is 3.03. The largest absolute Gasteiger partial charge is 0.354 e. The standard InChI is InChI=1S/C15H32N4O/c1-15(2,3)9-12(16)8-14(20)17-10-13-11-18(4)6-7-19(13)5/h12-13H,6-11,16H2,1-5H3,(H,17,20). The Morgan fingerprint density at radius 1 is 1.35 bits per heavy atom. The van der Waals surface area contributed by atoms with E-state index in [1.807, 2.05) is 0 Å². The number of carbonyl (C=O) groups is 1. The summed E-state index contributed by atoms with van der Waals surface area (Å²) >= 11 is 0. The average molecular weight is 284 g/mol. The number of likely N-dealkylation sites (N-methyl/N-ethyl adjacent to an activating group) is 2. The van der Waals surface area contributed by atoms with Gasteiger partial charge in [-0.15, -0.1) is 0 Å². The highest BCUT2D eigenvalue weighted by Gasteiger charge is 2.23. The second-order valence-corrected chi connectivity index (χ2v) is 7.43. The van der Waals surface area contributed by atoms with Gasteiger partial charge in [-0.25, -0.2) is 0 Å². The fraction of sp³-hybridized carbons (Fsp3) is 0.933. The third kappa shape index (κ3) is 6.68. The van der Waals surface area contributed by atoms with E-state index in [0.717, 1.165) is 26.1 Å². The van der Waals surface area contributed by atoms with E-state index in [1.54, 1.807) is 0 Å². The number of amides is 1. The van der Waals surface area contributed by atoms with E-state index in [0.29, 0.717) is 19.0 Å². The predicted octanol–water partition coefficient (Wildman–Crippen LogP) is 0.502. The van der Waals surface area contributed by atoms with Crippen molar-refractivity contribution >= 4 is 5.91 Å². The molecule has 0 aromatic carbocycles. The molecule has 0 bridgehead atoms. The van der Waals surface area contributed by atoms with Gasteiger partial charge < -0.3 is 16.0 Å². The zero-order valence-corrected chi connectivity index (χ0v) is 13.8. The Morgan fingerprint density at radius 3 is 2.60 bits per heavy atom. The van der Waals surface area contributed by atoms with Crippen LogP contribution in [-0.4, -0.2) is 68.1 Å². The summed E-state index contributed by atoms with van der Waals surface area (Å²) in [6.45, 7) is 10.3. The fourth-order valence-corrected chi connectivity index (χ4v) is 2.72. The molecule has 0 radical (unpaired) electrons. The zero-order chi connectivity index (χ0) is 15.3. The van der Waals surface area contributed by atoms with Crippen molar-refractivity contribution < 1.29 is 4.79 Å². The molecule has 1 aliphatic rings. The van der Waals surface area contributed by atoms with Crippen molar-refractivity contribution in [3.8, 4) is 0 Å². The van der Waals surface area contributed by atoms with Crippen molar-refractivity contribution in [3.63, 3.8) is 0 Å². The Morgan fingerprint density at radius 2 is 2.00 bits per heavy atom. The number of nitrogens with one attached hydrogen (secondary N) is 1. The van der Waals surface area contributed by atoms with Crippen molar-refractivity contribution in [1.29, 1.82) is 0 Å². The van der Waals surface area contributed by atoms with Crippen LogP contribution in [0.3, 0.4) is 0 Å². The van der Waals surface area contributed by atoms with Crippen LogP contribution < -0.4 is 11.1 Å². The maximum atomic E-state index is 11.9. The van der Waals surface area contributed by atoms with E-state index in [9.17, 15) is 4.79 Å². The van der Waals surface area contributed by atoms with Crippen molar-refractivity contribution in [1.82, 2.24) is 15.1 Å². The molecule has 0 spiro atoms. The van der Waals surface area contributed by atoms with E-state index in [4.69, 9.17) is 5.73 Å². The van der Waals surface area contributed by atoms with E-state index in [2.05, 4.69) is 50.0 Å². The number of carbonyl (C=O) groups excluding carboxylic acids is 1. The highest BCUT2D eigenvalue weighted by Crippen LogP contribution is 2.20. The molecule has 5 nitrogen and oxygen atoms in total. The Balaban J connectivity index is 2.28. The monoisotopic (exact) mass is 284 g/mol. The SMILES string of the molecule is CN1CCN(C)C(CNC(=O)CC(N)CC(C)(C)C)C1. The molecule has 2 unspecified atom stereocenters. The Bertz CT molecular complexity index is 313. The number of nitrogens with zero attached hydrogens (tertiary/aromatic N) is 2. The minimum Gasteiger partial charge on any atom is -0.354 e. The van der Waals surface area contributed by atoms with Gasteiger partial charge in [-0.2, -0.15) is 0 Å². The van der Waals surface area contributed by atoms with Crippen LogP contribution in [0.15, 0.2) is 0 Å². The second kappa shape index (κ2) is 7.38. The van der Waals surface area contributed by atoms with Gasteiger partial charge in [-0.05, 0) is 25.9 Å². The van der Waals surface area contributed by atoms with Crippen LogP contribution in [0, 0.1) is 5.41 Å². The minimum absolute atomic E-state index is 0.0539. The molecule has 3 N–H and O–H groups in total. The molecule has 1 fully saturated rings. The number of rotatable bonds is 5. The van der Waals surface area contributed by atoms with Crippen molar-refractivity contribution in [2.45, 2.75) is 45.7 Å². The van der Waals surface area contributed by atoms with Crippen LogP contribution in [-0.2, 0) is 4.79 Å². The predicted molar refractivity (Wildman–Crippen MR) is 83.6 cm³/mol. The van der Waals surface area contributed by atoms with Gasteiger partial charge in [0, 0.05) is 44.7 Å². The molecule has 20 heavy (non-hydrogen) atoms. The first-order valence-electron chi connectivity index (χ1n) is 7.58. The molecule has 1 amide bonds. The molecule has 118 valence electrons. The molecule has 5 heteroatoms. The van der Waals surface area contributed by atoms with Crippen LogP contribution >= 0.6 is 0 Å². The molecule has 0 saturated carbocycles. The van der Waals surface area contributed by atoms with E-state index < -0.39 is 0 Å². The maximum Gasteiger partial charge on any atom is 0.221 e. The van der Waals surface area contributed by atoms with Gasteiger partial charge in [-0.1, -0.05) is 20.8 Å².